The summed E-state index contributed by atoms with van der Waals surface area (Å²) in [5.41, 5.74) is 3.90. The maximum atomic E-state index is 11.2. The minimum absolute atomic E-state index is 0.0582. The molecule has 2 atom stereocenters. The number of carbonyl (C=O) groups is 1. The molecule has 5 nitrogen and oxygen atoms in total. The Hall–Kier alpha value is -3.31. The van der Waals surface area contributed by atoms with Crippen molar-refractivity contribution in [1.82, 2.24) is 4.90 Å². The largest absolute Gasteiger partial charge is 0.490 e. The van der Waals surface area contributed by atoms with Gasteiger partial charge in [0.25, 0.3) is 0 Å². The number of aryl methyl sites for hydroxylation is 1. The van der Waals surface area contributed by atoms with Gasteiger partial charge in [0.2, 0.25) is 0 Å². The van der Waals surface area contributed by atoms with Gasteiger partial charge in [-0.3, -0.25) is 9.69 Å². The molecule has 33 heavy (non-hydrogen) atoms. The van der Waals surface area contributed by atoms with Crippen molar-refractivity contribution in [1.29, 1.82) is 0 Å². The summed E-state index contributed by atoms with van der Waals surface area (Å²) >= 11 is 0. The molecule has 0 spiro atoms. The predicted molar refractivity (Wildman–Crippen MR) is 129 cm³/mol. The standard InChI is InChI=1S/C28H31NO4/c1-29(20-27(30)31)19-23-13-12-22-18-25(33-17-16-32-24-10-6-3-7-11-24)14-15-26(22)28(23)21-8-4-2-5-9-21/h2-11,14-15,18,23,28H,12-13,16-17,19-20H2,1H3,(H,30,31). The highest BCUT2D eigenvalue weighted by atomic mass is 16.5. The summed E-state index contributed by atoms with van der Waals surface area (Å²) in [6.07, 6.45) is 1.97. The van der Waals surface area contributed by atoms with Crippen LogP contribution in [0.4, 0.5) is 0 Å². The molecule has 172 valence electrons. The second-order valence-corrected chi connectivity index (χ2v) is 8.65. The van der Waals surface area contributed by atoms with Crippen LogP contribution in [0.25, 0.3) is 0 Å². The van der Waals surface area contributed by atoms with E-state index in [1.165, 1.54) is 16.7 Å². The van der Waals surface area contributed by atoms with Crippen LogP contribution in [0.1, 0.15) is 29.0 Å². The third kappa shape index (κ3) is 6.14. The van der Waals surface area contributed by atoms with E-state index in [0.717, 1.165) is 30.9 Å². The van der Waals surface area contributed by atoms with Crippen LogP contribution in [0.15, 0.2) is 78.9 Å². The lowest BCUT2D eigenvalue weighted by atomic mass is 9.71. The van der Waals surface area contributed by atoms with Crippen molar-refractivity contribution in [3.8, 4) is 11.5 Å². The highest BCUT2D eigenvalue weighted by Gasteiger charge is 2.32. The van der Waals surface area contributed by atoms with Crippen molar-refractivity contribution in [3.05, 3.63) is 95.6 Å². The van der Waals surface area contributed by atoms with Gasteiger partial charge in [0, 0.05) is 12.5 Å². The van der Waals surface area contributed by atoms with Gasteiger partial charge in [-0.05, 0) is 66.8 Å². The van der Waals surface area contributed by atoms with E-state index in [4.69, 9.17) is 9.47 Å². The first-order valence-corrected chi connectivity index (χ1v) is 11.5. The minimum atomic E-state index is -0.789. The van der Waals surface area contributed by atoms with Crippen molar-refractivity contribution in [2.75, 3.05) is 33.4 Å². The molecule has 4 rings (SSSR count). The SMILES string of the molecule is CN(CC(=O)O)CC1CCc2cc(OCCOc3ccccc3)ccc2C1c1ccccc1. The van der Waals surface area contributed by atoms with Gasteiger partial charge in [-0.25, -0.2) is 0 Å². The number of hydrogen-bond acceptors (Lipinski definition) is 4. The number of rotatable bonds is 10. The van der Waals surface area contributed by atoms with Gasteiger partial charge in [0.05, 0.1) is 6.54 Å². The third-order valence-electron chi connectivity index (χ3n) is 6.18. The summed E-state index contributed by atoms with van der Waals surface area (Å²) in [5, 5.41) is 9.17. The Bertz CT molecular complexity index is 1040. The molecule has 3 aromatic rings. The zero-order valence-electron chi connectivity index (χ0n) is 19.0. The lowest BCUT2D eigenvalue weighted by molar-refractivity contribution is -0.138. The number of aliphatic carboxylic acids is 1. The summed E-state index contributed by atoms with van der Waals surface area (Å²) in [6, 6.07) is 26.7. The van der Waals surface area contributed by atoms with Crippen LogP contribution in [0, 0.1) is 5.92 Å². The van der Waals surface area contributed by atoms with E-state index in [1.807, 2.05) is 54.4 Å². The minimum Gasteiger partial charge on any atom is -0.490 e. The van der Waals surface area contributed by atoms with Gasteiger partial charge in [-0.15, -0.1) is 0 Å². The zero-order valence-corrected chi connectivity index (χ0v) is 19.0. The molecule has 0 aliphatic heterocycles. The molecule has 1 aliphatic carbocycles. The molecule has 0 radical (unpaired) electrons. The van der Waals surface area contributed by atoms with E-state index < -0.39 is 5.97 Å². The van der Waals surface area contributed by atoms with E-state index in [-0.39, 0.29) is 12.5 Å². The van der Waals surface area contributed by atoms with E-state index in [1.54, 1.807) is 0 Å². The first-order valence-electron chi connectivity index (χ1n) is 11.5. The van der Waals surface area contributed by atoms with Gasteiger partial charge in [0.1, 0.15) is 24.7 Å². The van der Waals surface area contributed by atoms with Crippen LogP contribution in [0.3, 0.4) is 0 Å². The number of likely N-dealkylation sites (N-methyl/N-ethyl adjacent to an activating group) is 1. The van der Waals surface area contributed by atoms with Crippen molar-refractivity contribution in [2.45, 2.75) is 18.8 Å². The summed E-state index contributed by atoms with van der Waals surface area (Å²) in [6.45, 7) is 1.78. The average Bonchev–Trinajstić information content (AvgIpc) is 2.82. The van der Waals surface area contributed by atoms with Crippen LogP contribution in [-0.2, 0) is 11.2 Å². The quantitative estimate of drug-likeness (QED) is 0.452. The second kappa shape index (κ2) is 11.0. The summed E-state index contributed by atoms with van der Waals surface area (Å²) in [4.78, 5) is 13.1. The Morgan fingerprint density at radius 2 is 1.61 bits per heavy atom. The molecule has 0 aromatic heterocycles. The predicted octanol–water partition coefficient (Wildman–Crippen LogP) is 4.86. The highest BCUT2D eigenvalue weighted by Crippen LogP contribution is 2.42. The second-order valence-electron chi connectivity index (χ2n) is 8.65. The molecule has 0 fully saturated rings. The fraction of sp³-hybridized carbons (Fsp3) is 0.321. The molecule has 0 bridgehead atoms. The van der Waals surface area contributed by atoms with Crippen LogP contribution >= 0.6 is 0 Å². The fourth-order valence-electron chi connectivity index (χ4n) is 4.79. The third-order valence-corrected chi connectivity index (χ3v) is 6.18. The molecular weight excluding hydrogens is 414 g/mol. The molecule has 0 saturated heterocycles. The number of ether oxygens (including phenoxy) is 2. The lowest BCUT2D eigenvalue weighted by Gasteiger charge is -2.36. The van der Waals surface area contributed by atoms with E-state index in [0.29, 0.717) is 19.1 Å². The topological polar surface area (TPSA) is 59.0 Å². The Morgan fingerprint density at radius 1 is 0.939 bits per heavy atom. The number of benzene rings is 3. The molecule has 0 saturated carbocycles. The molecular formula is C28H31NO4. The Kier molecular flexibility index (Phi) is 7.63. The Morgan fingerprint density at radius 3 is 2.30 bits per heavy atom. The normalized spacial score (nSPS) is 17.4. The van der Waals surface area contributed by atoms with Crippen molar-refractivity contribution >= 4 is 5.97 Å². The molecule has 3 aromatic carbocycles. The number of fused-ring (bicyclic) bond motifs is 1. The number of nitrogens with zero attached hydrogens (tertiary/aromatic N) is 1. The number of hydrogen-bond donors (Lipinski definition) is 1. The Labute approximate surface area is 195 Å². The maximum absolute atomic E-state index is 11.2. The summed E-state index contributed by atoms with van der Waals surface area (Å²) in [7, 11) is 1.89. The number of carboxylic acids is 1. The zero-order chi connectivity index (χ0) is 23.0. The molecule has 1 aliphatic rings. The van der Waals surface area contributed by atoms with Gasteiger partial charge in [-0.2, -0.15) is 0 Å². The van der Waals surface area contributed by atoms with Crippen molar-refractivity contribution in [3.63, 3.8) is 0 Å². The van der Waals surface area contributed by atoms with Gasteiger partial charge >= 0.3 is 5.97 Å². The van der Waals surface area contributed by atoms with Gasteiger partial charge < -0.3 is 14.6 Å². The van der Waals surface area contributed by atoms with Gasteiger partial charge in [0.15, 0.2) is 0 Å². The maximum Gasteiger partial charge on any atom is 0.317 e. The van der Waals surface area contributed by atoms with Crippen LogP contribution in [0.5, 0.6) is 11.5 Å². The van der Waals surface area contributed by atoms with Crippen molar-refractivity contribution < 1.29 is 19.4 Å². The first kappa shape index (κ1) is 22.9. The van der Waals surface area contributed by atoms with Crippen molar-refractivity contribution in [2.24, 2.45) is 5.92 Å². The molecule has 0 heterocycles. The van der Waals surface area contributed by atoms with E-state index >= 15 is 0 Å². The molecule has 2 unspecified atom stereocenters. The van der Waals surface area contributed by atoms with E-state index in [2.05, 4.69) is 36.4 Å². The van der Waals surface area contributed by atoms with Crippen LogP contribution < -0.4 is 9.47 Å². The lowest BCUT2D eigenvalue weighted by Crippen LogP contribution is -2.35. The monoisotopic (exact) mass is 445 g/mol. The molecule has 5 heteroatoms. The van der Waals surface area contributed by atoms with Crippen LogP contribution in [0.2, 0.25) is 0 Å². The van der Waals surface area contributed by atoms with Gasteiger partial charge in [-0.1, -0.05) is 54.6 Å². The summed E-state index contributed by atoms with van der Waals surface area (Å²) < 4.78 is 11.7. The highest BCUT2D eigenvalue weighted by molar-refractivity contribution is 5.69. The Balaban J connectivity index is 1.46. The molecule has 0 amide bonds. The number of carboxylic acid groups (broad SMARTS) is 1. The van der Waals surface area contributed by atoms with E-state index in [9.17, 15) is 9.90 Å². The fourth-order valence-corrected chi connectivity index (χ4v) is 4.79. The summed E-state index contributed by atoms with van der Waals surface area (Å²) in [5.74, 6) is 1.51. The first-order chi connectivity index (χ1) is 16.1. The molecule has 1 N–H and O–H groups in total. The smallest absolute Gasteiger partial charge is 0.317 e. The van der Waals surface area contributed by atoms with Crippen LogP contribution in [-0.4, -0.2) is 49.3 Å². The average molecular weight is 446 g/mol. The number of para-hydroxylation sites is 1.